The monoisotopic (exact) mass is 579 g/mol. The molecule has 0 spiro atoms. The topological polar surface area (TPSA) is 121 Å². The summed E-state index contributed by atoms with van der Waals surface area (Å²) in [4.78, 5) is 23.7. The SMILES string of the molecule is O=C(O)N(Cc1c(Br)cccc1[N+](=O)[O-])c1cc(S(=O)(=O)N2CCCc3ccccc32)ccc1Cl. The Bertz CT molecular complexity index is 1430. The number of carboxylic acid groups (broad SMARTS) is 1. The highest BCUT2D eigenvalue weighted by atomic mass is 79.9. The lowest BCUT2D eigenvalue weighted by atomic mass is 10.0. The second-order valence-corrected chi connectivity index (χ2v) is 10.9. The Morgan fingerprint density at radius 3 is 2.63 bits per heavy atom. The fourth-order valence-corrected chi connectivity index (χ4v) is 6.29. The van der Waals surface area contributed by atoms with Crippen molar-refractivity contribution in [3.8, 4) is 0 Å². The highest BCUT2D eigenvalue weighted by Crippen LogP contribution is 2.37. The van der Waals surface area contributed by atoms with E-state index in [1.54, 1.807) is 18.2 Å². The summed E-state index contributed by atoms with van der Waals surface area (Å²) in [7, 11) is -4.04. The van der Waals surface area contributed by atoms with Crippen LogP contribution in [0, 0.1) is 10.1 Å². The largest absolute Gasteiger partial charge is 0.465 e. The van der Waals surface area contributed by atoms with Crippen LogP contribution in [0.1, 0.15) is 17.5 Å². The predicted molar refractivity (Wildman–Crippen MR) is 136 cm³/mol. The molecule has 1 N–H and O–H groups in total. The van der Waals surface area contributed by atoms with Gasteiger partial charge < -0.3 is 5.11 Å². The Kier molecular flexibility index (Phi) is 7.02. The third kappa shape index (κ3) is 4.84. The number of sulfonamides is 1. The zero-order valence-corrected chi connectivity index (χ0v) is 21.3. The van der Waals surface area contributed by atoms with Crippen LogP contribution in [-0.4, -0.2) is 31.1 Å². The number of hydrogen-bond donors (Lipinski definition) is 1. The van der Waals surface area contributed by atoms with Gasteiger partial charge in [-0.05, 0) is 48.7 Å². The van der Waals surface area contributed by atoms with Gasteiger partial charge in [0.05, 0.1) is 38.3 Å². The molecule has 4 rings (SSSR count). The molecule has 35 heavy (non-hydrogen) atoms. The lowest BCUT2D eigenvalue weighted by Gasteiger charge is -2.31. The van der Waals surface area contributed by atoms with E-state index in [0.717, 1.165) is 16.9 Å². The molecule has 12 heteroatoms. The molecule has 0 atom stereocenters. The third-order valence-corrected chi connectivity index (χ3v) is 8.57. The molecule has 182 valence electrons. The second kappa shape index (κ2) is 9.84. The first-order valence-electron chi connectivity index (χ1n) is 10.4. The number of aryl methyl sites for hydroxylation is 1. The van der Waals surface area contributed by atoms with Crippen molar-refractivity contribution in [3.63, 3.8) is 0 Å². The van der Waals surface area contributed by atoms with E-state index in [1.807, 2.05) is 12.1 Å². The van der Waals surface area contributed by atoms with Gasteiger partial charge in [-0.3, -0.25) is 19.3 Å². The molecule has 1 aliphatic heterocycles. The number of nitro groups is 1. The maximum atomic E-state index is 13.6. The van der Waals surface area contributed by atoms with E-state index in [2.05, 4.69) is 15.9 Å². The fraction of sp³-hybridized carbons (Fsp3) is 0.174. The lowest BCUT2D eigenvalue weighted by molar-refractivity contribution is -0.385. The first-order valence-corrected chi connectivity index (χ1v) is 13.0. The van der Waals surface area contributed by atoms with E-state index in [9.17, 15) is 28.4 Å². The van der Waals surface area contributed by atoms with Crippen LogP contribution in [0.3, 0.4) is 0 Å². The molecule has 0 radical (unpaired) electrons. The third-order valence-electron chi connectivity index (χ3n) is 5.70. The molecule has 1 amide bonds. The van der Waals surface area contributed by atoms with Gasteiger partial charge in [-0.15, -0.1) is 0 Å². The highest BCUT2D eigenvalue weighted by molar-refractivity contribution is 9.10. The Labute approximate surface area is 214 Å². The molecule has 0 fully saturated rings. The van der Waals surface area contributed by atoms with E-state index in [-0.39, 0.29) is 33.4 Å². The molecule has 0 saturated carbocycles. The van der Waals surface area contributed by atoms with Crippen LogP contribution < -0.4 is 9.21 Å². The number of halogens is 2. The van der Waals surface area contributed by atoms with E-state index >= 15 is 0 Å². The Balaban J connectivity index is 1.78. The Morgan fingerprint density at radius 2 is 1.91 bits per heavy atom. The molecular weight excluding hydrogens is 562 g/mol. The minimum absolute atomic E-state index is 0.0138. The molecule has 0 bridgehead atoms. The smallest absolute Gasteiger partial charge is 0.412 e. The number of fused-ring (bicyclic) bond motifs is 1. The molecule has 3 aromatic rings. The van der Waals surface area contributed by atoms with Crippen LogP contribution in [-0.2, 0) is 23.0 Å². The van der Waals surface area contributed by atoms with Gasteiger partial charge in [-0.25, -0.2) is 13.2 Å². The number of benzene rings is 3. The zero-order chi connectivity index (χ0) is 25.3. The number of nitrogens with zero attached hydrogens (tertiary/aromatic N) is 3. The van der Waals surface area contributed by atoms with Crippen LogP contribution in [0.5, 0.6) is 0 Å². The van der Waals surface area contributed by atoms with Gasteiger partial charge in [0, 0.05) is 17.1 Å². The summed E-state index contributed by atoms with van der Waals surface area (Å²) < 4.78 is 28.8. The van der Waals surface area contributed by atoms with Crippen LogP contribution in [0.2, 0.25) is 5.02 Å². The summed E-state index contributed by atoms with van der Waals surface area (Å²) in [5.74, 6) is 0. The van der Waals surface area contributed by atoms with Crippen LogP contribution >= 0.6 is 27.5 Å². The number of amides is 1. The van der Waals surface area contributed by atoms with Gasteiger partial charge >= 0.3 is 6.09 Å². The number of para-hydroxylation sites is 1. The van der Waals surface area contributed by atoms with E-state index in [0.29, 0.717) is 16.6 Å². The van der Waals surface area contributed by atoms with E-state index in [4.69, 9.17) is 11.6 Å². The summed E-state index contributed by atoms with van der Waals surface area (Å²) in [5.41, 5.74) is 1.21. The molecule has 0 aliphatic carbocycles. The maximum absolute atomic E-state index is 13.6. The second-order valence-electron chi connectivity index (χ2n) is 7.79. The van der Waals surface area contributed by atoms with E-state index in [1.165, 1.54) is 34.6 Å². The fourth-order valence-electron chi connectivity index (χ4n) is 4.02. The number of nitro benzene ring substituents is 1. The van der Waals surface area contributed by atoms with Gasteiger partial charge in [0.1, 0.15) is 0 Å². The van der Waals surface area contributed by atoms with Gasteiger partial charge in [0.2, 0.25) is 0 Å². The van der Waals surface area contributed by atoms with Crippen molar-refractivity contribution in [1.29, 1.82) is 0 Å². The first kappa shape index (κ1) is 25.0. The van der Waals surface area contributed by atoms with Crippen molar-refractivity contribution in [2.45, 2.75) is 24.3 Å². The number of carbonyl (C=O) groups is 1. The van der Waals surface area contributed by atoms with Crippen molar-refractivity contribution in [3.05, 3.63) is 91.4 Å². The minimum Gasteiger partial charge on any atom is -0.465 e. The molecule has 9 nitrogen and oxygen atoms in total. The molecule has 1 aliphatic rings. The molecule has 1 heterocycles. The van der Waals surface area contributed by atoms with Crippen molar-refractivity contribution in [1.82, 2.24) is 0 Å². The van der Waals surface area contributed by atoms with Crippen molar-refractivity contribution in [2.24, 2.45) is 0 Å². The van der Waals surface area contributed by atoms with E-state index < -0.39 is 27.6 Å². The average molecular weight is 581 g/mol. The number of rotatable bonds is 6. The average Bonchev–Trinajstić information content (AvgIpc) is 2.83. The molecule has 3 aromatic carbocycles. The summed E-state index contributed by atoms with van der Waals surface area (Å²) in [6, 6.07) is 15.3. The minimum atomic E-state index is -4.04. The van der Waals surface area contributed by atoms with Crippen LogP contribution in [0.25, 0.3) is 0 Å². The van der Waals surface area contributed by atoms with Crippen molar-refractivity contribution in [2.75, 3.05) is 15.7 Å². The van der Waals surface area contributed by atoms with Crippen LogP contribution in [0.4, 0.5) is 21.9 Å². The normalized spacial score (nSPS) is 13.3. The zero-order valence-electron chi connectivity index (χ0n) is 18.1. The summed E-state index contributed by atoms with van der Waals surface area (Å²) in [6.45, 7) is -0.147. The van der Waals surface area contributed by atoms with Gasteiger partial charge in [-0.2, -0.15) is 0 Å². The van der Waals surface area contributed by atoms with Crippen molar-refractivity contribution < 1.29 is 23.2 Å². The number of anilines is 2. The summed E-state index contributed by atoms with van der Waals surface area (Å²) in [5, 5.41) is 21.4. The van der Waals surface area contributed by atoms with Gasteiger partial charge in [0.15, 0.2) is 0 Å². The van der Waals surface area contributed by atoms with Gasteiger partial charge in [-0.1, -0.05) is 51.8 Å². The molecule has 0 unspecified atom stereocenters. The quantitative estimate of drug-likeness (QED) is 0.289. The van der Waals surface area contributed by atoms with Crippen molar-refractivity contribution >= 4 is 60.7 Å². The molecular formula is C23H19BrClN3O6S. The lowest BCUT2D eigenvalue weighted by Crippen LogP contribution is -2.35. The first-order chi connectivity index (χ1) is 16.6. The Morgan fingerprint density at radius 1 is 1.17 bits per heavy atom. The highest BCUT2D eigenvalue weighted by Gasteiger charge is 2.31. The maximum Gasteiger partial charge on any atom is 0.412 e. The van der Waals surface area contributed by atoms with Crippen LogP contribution in [0.15, 0.2) is 70.0 Å². The predicted octanol–water partition coefficient (Wildman–Crippen LogP) is 5.84. The number of hydrogen-bond acceptors (Lipinski definition) is 5. The molecule has 0 saturated heterocycles. The standard InChI is InChI=1S/C23H19BrClN3O6S/c24-18-7-3-9-21(28(31)32)17(18)14-26(23(29)30)22-13-16(10-11-19(22)25)35(33,34)27-12-4-6-15-5-1-2-8-20(15)27/h1-3,5,7-11,13H,4,6,12,14H2,(H,29,30). The Hall–Kier alpha value is -3.15. The van der Waals surface area contributed by atoms with Gasteiger partial charge in [0.25, 0.3) is 15.7 Å². The summed E-state index contributed by atoms with van der Waals surface area (Å²) >= 11 is 9.54. The molecule has 0 aromatic heterocycles. The summed E-state index contributed by atoms with van der Waals surface area (Å²) in [6.07, 6.45) is -0.0512.